The zero-order valence-electron chi connectivity index (χ0n) is 7.16. The summed E-state index contributed by atoms with van der Waals surface area (Å²) in [4.78, 5) is 10.5. The van der Waals surface area contributed by atoms with Gasteiger partial charge < -0.3 is 4.74 Å². The van der Waals surface area contributed by atoms with Crippen molar-refractivity contribution in [1.82, 2.24) is 0 Å². The Bertz CT molecular complexity index is 317. The largest absolute Gasteiger partial charge is 0.414 e. The fraction of sp³-hybridized carbons (Fsp3) is 0.100. The van der Waals surface area contributed by atoms with Gasteiger partial charge in [-0.2, -0.15) is 0 Å². The van der Waals surface area contributed by atoms with E-state index in [4.69, 9.17) is 11.6 Å². The second kappa shape index (κ2) is 4.67. The molecular weight excluding hydrogens is 188 g/mol. The molecule has 0 bridgehead atoms. The first kappa shape index (κ1) is 9.81. The maximum Gasteiger partial charge on any atom is 0.308 e. The summed E-state index contributed by atoms with van der Waals surface area (Å²) in [7, 11) is 0. The van der Waals surface area contributed by atoms with Crippen LogP contribution in [-0.4, -0.2) is 5.97 Å². The minimum Gasteiger partial charge on any atom is -0.414 e. The lowest BCUT2D eigenvalue weighted by atomic mass is 10.2. The molecule has 0 aliphatic rings. The molecule has 0 radical (unpaired) electrons. The van der Waals surface area contributed by atoms with Gasteiger partial charge in [0.05, 0.1) is 0 Å². The van der Waals surface area contributed by atoms with Crippen LogP contribution in [0.2, 0.25) is 0 Å². The molecule has 0 saturated heterocycles. The Kier molecular flexibility index (Phi) is 3.53. The van der Waals surface area contributed by atoms with E-state index in [1.165, 1.54) is 6.92 Å². The van der Waals surface area contributed by atoms with E-state index in [0.717, 1.165) is 5.56 Å². The van der Waals surface area contributed by atoms with Crippen molar-refractivity contribution in [3.05, 3.63) is 41.1 Å². The topological polar surface area (TPSA) is 26.3 Å². The van der Waals surface area contributed by atoms with Gasteiger partial charge in [-0.25, -0.2) is 0 Å². The summed E-state index contributed by atoms with van der Waals surface area (Å²) in [6.45, 7) is 1.31. The molecule has 0 heterocycles. The van der Waals surface area contributed by atoms with Gasteiger partial charge in [0.25, 0.3) is 0 Å². The van der Waals surface area contributed by atoms with E-state index in [1.807, 2.05) is 30.3 Å². The summed E-state index contributed by atoms with van der Waals surface area (Å²) >= 11 is 5.63. The molecule has 1 rings (SSSR count). The normalized spacial score (nSPS) is 11.1. The van der Waals surface area contributed by atoms with Crippen LogP contribution < -0.4 is 0 Å². The zero-order chi connectivity index (χ0) is 9.68. The maximum atomic E-state index is 10.5. The van der Waals surface area contributed by atoms with E-state index in [1.54, 1.807) is 6.08 Å². The van der Waals surface area contributed by atoms with Crippen LogP contribution in [0.25, 0.3) is 6.08 Å². The van der Waals surface area contributed by atoms with Gasteiger partial charge in [-0.05, 0) is 17.2 Å². The predicted molar refractivity (Wildman–Crippen MR) is 52.0 cm³/mol. The van der Waals surface area contributed by atoms with Gasteiger partial charge in [-0.1, -0.05) is 30.3 Å². The molecule has 0 fully saturated rings. The van der Waals surface area contributed by atoms with Crippen LogP contribution in [0, 0.1) is 0 Å². The Morgan fingerprint density at radius 2 is 2.00 bits per heavy atom. The fourth-order valence-corrected chi connectivity index (χ4v) is 1.08. The van der Waals surface area contributed by atoms with E-state index in [0.29, 0.717) is 0 Å². The average molecular weight is 197 g/mol. The van der Waals surface area contributed by atoms with Crippen LogP contribution in [0.3, 0.4) is 0 Å². The maximum absolute atomic E-state index is 10.5. The minimum absolute atomic E-state index is 0.0821. The molecule has 0 aromatic heterocycles. The van der Waals surface area contributed by atoms with E-state index < -0.39 is 5.97 Å². The molecule has 1 aromatic carbocycles. The van der Waals surface area contributed by atoms with Gasteiger partial charge in [-0.15, -0.1) is 0 Å². The number of benzene rings is 1. The van der Waals surface area contributed by atoms with Gasteiger partial charge in [0.15, 0.2) is 5.22 Å². The third-order valence-corrected chi connectivity index (χ3v) is 1.51. The quantitative estimate of drug-likeness (QED) is 0.537. The van der Waals surface area contributed by atoms with Crippen LogP contribution >= 0.6 is 11.6 Å². The molecule has 0 N–H and O–H groups in total. The van der Waals surface area contributed by atoms with Crippen LogP contribution in [0.15, 0.2) is 35.6 Å². The van der Waals surface area contributed by atoms with Gasteiger partial charge in [0, 0.05) is 13.0 Å². The molecule has 0 aliphatic carbocycles. The van der Waals surface area contributed by atoms with Gasteiger partial charge in [-0.3, -0.25) is 4.79 Å². The Labute approximate surface area is 81.8 Å². The molecule has 0 atom stereocenters. The number of hydrogen-bond acceptors (Lipinski definition) is 2. The van der Waals surface area contributed by atoms with E-state index in [9.17, 15) is 4.79 Å². The van der Waals surface area contributed by atoms with Gasteiger partial charge in [0.2, 0.25) is 0 Å². The van der Waals surface area contributed by atoms with Crippen molar-refractivity contribution in [3.8, 4) is 0 Å². The van der Waals surface area contributed by atoms with Gasteiger partial charge >= 0.3 is 5.97 Å². The van der Waals surface area contributed by atoms with E-state index >= 15 is 0 Å². The molecular formula is C10H9ClO2. The second-order valence-electron chi connectivity index (χ2n) is 2.45. The predicted octanol–water partition coefficient (Wildman–Crippen LogP) is 2.79. The Morgan fingerprint density at radius 1 is 1.38 bits per heavy atom. The number of rotatable bonds is 2. The van der Waals surface area contributed by atoms with Crippen molar-refractivity contribution in [2.45, 2.75) is 6.92 Å². The Morgan fingerprint density at radius 3 is 2.54 bits per heavy atom. The summed E-state index contributed by atoms with van der Waals surface area (Å²) in [6.07, 6.45) is 1.59. The molecule has 2 nitrogen and oxygen atoms in total. The van der Waals surface area contributed by atoms with Crippen molar-refractivity contribution in [3.63, 3.8) is 0 Å². The average Bonchev–Trinajstić information content (AvgIpc) is 2.04. The number of carbonyl (C=O) groups excluding carboxylic acids is 1. The number of ether oxygens (including phenoxy) is 1. The molecule has 13 heavy (non-hydrogen) atoms. The minimum atomic E-state index is -0.419. The first-order valence-corrected chi connectivity index (χ1v) is 4.17. The molecule has 0 amide bonds. The summed E-state index contributed by atoms with van der Waals surface area (Å²) in [5, 5.41) is 0.0821. The van der Waals surface area contributed by atoms with Crippen molar-refractivity contribution in [1.29, 1.82) is 0 Å². The monoisotopic (exact) mass is 196 g/mol. The van der Waals surface area contributed by atoms with Crippen LogP contribution in [0.4, 0.5) is 0 Å². The van der Waals surface area contributed by atoms with Crippen LogP contribution in [0.5, 0.6) is 0 Å². The van der Waals surface area contributed by atoms with Crippen molar-refractivity contribution in [2.24, 2.45) is 0 Å². The molecule has 1 aromatic rings. The SMILES string of the molecule is CC(=O)O/C(Cl)=C\c1ccccc1. The standard InChI is InChI=1S/C10H9ClO2/c1-8(12)13-10(11)7-9-5-3-2-4-6-9/h2-7H,1H3/b10-7-. The highest BCUT2D eigenvalue weighted by Crippen LogP contribution is 2.10. The fourth-order valence-electron chi connectivity index (χ4n) is 0.847. The number of carbonyl (C=O) groups is 1. The van der Waals surface area contributed by atoms with Crippen molar-refractivity contribution < 1.29 is 9.53 Å². The second-order valence-corrected chi connectivity index (χ2v) is 2.83. The smallest absolute Gasteiger partial charge is 0.308 e. The number of esters is 1. The number of halogens is 1. The highest BCUT2D eigenvalue weighted by atomic mass is 35.5. The van der Waals surface area contributed by atoms with E-state index in [-0.39, 0.29) is 5.22 Å². The summed E-state index contributed by atoms with van der Waals surface area (Å²) < 4.78 is 4.64. The Hall–Kier alpha value is -1.28. The molecule has 3 heteroatoms. The number of hydrogen-bond donors (Lipinski definition) is 0. The van der Waals surface area contributed by atoms with Crippen molar-refractivity contribution >= 4 is 23.6 Å². The van der Waals surface area contributed by atoms with Gasteiger partial charge in [0.1, 0.15) is 0 Å². The zero-order valence-corrected chi connectivity index (χ0v) is 7.91. The van der Waals surface area contributed by atoms with Crippen LogP contribution in [0.1, 0.15) is 12.5 Å². The van der Waals surface area contributed by atoms with Crippen molar-refractivity contribution in [2.75, 3.05) is 0 Å². The Balaban J connectivity index is 2.71. The highest BCUT2D eigenvalue weighted by molar-refractivity contribution is 6.30. The third-order valence-electron chi connectivity index (χ3n) is 1.32. The molecule has 0 aliphatic heterocycles. The summed E-state index contributed by atoms with van der Waals surface area (Å²) in [5.74, 6) is -0.419. The molecule has 0 saturated carbocycles. The molecule has 0 spiro atoms. The molecule has 0 unspecified atom stereocenters. The summed E-state index contributed by atoms with van der Waals surface area (Å²) in [5.41, 5.74) is 0.897. The van der Waals surface area contributed by atoms with E-state index in [2.05, 4.69) is 4.74 Å². The third kappa shape index (κ3) is 3.76. The lowest BCUT2D eigenvalue weighted by Crippen LogP contribution is -1.93. The first-order chi connectivity index (χ1) is 6.18. The van der Waals surface area contributed by atoms with Crippen LogP contribution in [-0.2, 0) is 9.53 Å². The lowest BCUT2D eigenvalue weighted by molar-refractivity contribution is -0.135. The highest BCUT2D eigenvalue weighted by Gasteiger charge is 1.97. The summed E-state index contributed by atoms with van der Waals surface area (Å²) in [6, 6.07) is 9.39. The first-order valence-electron chi connectivity index (χ1n) is 3.79. The lowest BCUT2D eigenvalue weighted by Gasteiger charge is -1.97. The molecule has 68 valence electrons.